The fourth-order valence-corrected chi connectivity index (χ4v) is 2.09. The molecule has 1 fully saturated rings. The highest BCUT2D eigenvalue weighted by molar-refractivity contribution is 5.87. The molecule has 4 nitrogen and oxygen atoms in total. The molecule has 0 spiro atoms. The summed E-state index contributed by atoms with van der Waals surface area (Å²) in [4.78, 5) is 2.39. The first-order valence-corrected chi connectivity index (χ1v) is 5.67. The molecule has 4 heteroatoms. The van der Waals surface area contributed by atoms with Gasteiger partial charge in [-0.15, -0.1) is 0 Å². The van der Waals surface area contributed by atoms with Gasteiger partial charge in [0.05, 0.1) is 11.8 Å². The largest absolute Gasteiger partial charge is 0.411 e. The van der Waals surface area contributed by atoms with Crippen LogP contribution in [0.15, 0.2) is 5.16 Å². The van der Waals surface area contributed by atoms with Crippen LogP contribution < -0.4 is 0 Å². The first kappa shape index (κ1) is 12.5. The molecule has 1 N–H and O–H groups in total. The minimum absolute atomic E-state index is 0.273. The van der Waals surface area contributed by atoms with Crippen LogP contribution in [-0.2, 0) is 4.74 Å². The highest BCUT2D eigenvalue weighted by Gasteiger charge is 2.25. The summed E-state index contributed by atoms with van der Waals surface area (Å²) in [5.41, 5.74) is 0.957. The van der Waals surface area contributed by atoms with Gasteiger partial charge in [0.2, 0.25) is 0 Å². The van der Waals surface area contributed by atoms with Gasteiger partial charge in [-0.25, -0.2) is 0 Å². The summed E-state index contributed by atoms with van der Waals surface area (Å²) in [7, 11) is 1.74. The minimum Gasteiger partial charge on any atom is -0.411 e. The van der Waals surface area contributed by atoms with Crippen molar-refractivity contribution >= 4 is 5.71 Å². The predicted octanol–water partition coefficient (Wildman–Crippen LogP) is 1.58. The van der Waals surface area contributed by atoms with E-state index in [2.05, 4.69) is 23.9 Å². The van der Waals surface area contributed by atoms with Crippen LogP contribution in [0.2, 0.25) is 0 Å². The van der Waals surface area contributed by atoms with Crippen molar-refractivity contribution in [3.05, 3.63) is 0 Å². The third-order valence-electron chi connectivity index (χ3n) is 3.17. The molecule has 1 aliphatic heterocycles. The lowest BCUT2D eigenvalue weighted by molar-refractivity contribution is 0.0710. The van der Waals surface area contributed by atoms with Crippen LogP contribution >= 0.6 is 0 Å². The van der Waals surface area contributed by atoms with Crippen molar-refractivity contribution in [2.45, 2.75) is 32.8 Å². The van der Waals surface area contributed by atoms with Gasteiger partial charge >= 0.3 is 0 Å². The molecule has 0 radical (unpaired) electrons. The quantitative estimate of drug-likeness (QED) is 0.571. The lowest BCUT2D eigenvalue weighted by atomic mass is 9.93. The van der Waals surface area contributed by atoms with E-state index in [0.717, 1.165) is 38.2 Å². The minimum atomic E-state index is 0.273. The molecule has 2 unspecified atom stereocenters. The smallest absolute Gasteiger partial charge is 0.0670 e. The molecule has 0 bridgehead atoms. The van der Waals surface area contributed by atoms with E-state index in [1.807, 2.05) is 0 Å². The maximum Gasteiger partial charge on any atom is 0.0670 e. The zero-order valence-corrected chi connectivity index (χ0v) is 9.94. The van der Waals surface area contributed by atoms with Crippen LogP contribution in [0, 0.1) is 5.92 Å². The lowest BCUT2D eigenvalue weighted by Crippen LogP contribution is -2.43. The molecule has 1 rings (SSSR count). The molecule has 1 heterocycles. The normalized spacial score (nSPS) is 28.2. The molecule has 0 aromatic rings. The number of hydrogen-bond donors (Lipinski definition) is 1. The highest BCUT2D eigenvalue weighted by atomic mass is 16.5. The number of oxime groups is 1. The van der Waals surface area contributed by atoms with E-state index in [0.29, 0.717) is 5.92 Å². The van der Waals surface area contributed by atoms with Crippen LogP contribution in [0.5, 0.6) is 0 Å². The number of likely N-dealkylation sites (tertiary alicyclic amines) is 1. The first-order valence-electron chi connectivity index (χ1n) is 5.67. The van der Waals surface area contributed by atoms with E-state index in [1.165, 1.54) is 0 Å². The van der Waals surface area contributed by atoms with E-state index >= 15 is 0 Å². The molecule has 0 amide bonds. The Morgan fingerprint density at radius 3 is 2.93 bits per heavy atom. The van der Waals surface area contributed by atoms with Gasteiger partial charge < -0.3 is 9.94 Å². The van der Waals surface area contributed by atoms with Crippen molar-refractivity contribution in [2.24, 2.45) is 11.1 Å². The summed E-state index contributed by atoms with van der Waals surface area (Å²) in [6.45, 7) is 7.15. The Bertz CT molecular complexity index is 219. The number of piperidine rings is 1. The Kier molecular flexibility index (Phi) is 5.05. The molecular weight excluding hydrogens is 192 g/mol. The van der Waals surface area contributed by atoms with Crippen molar-refractivity contribution in [3.63, 3.8) is 0 Å². The first-order chi connectivity index (χ1) is 7.21. The zero-order chi connectivity index (χ0) is 11.3. The van der Waals surface area contributed by atoms with E-state index in [1.54, 1.807) is 7.11 Å². The summed E-state index contributed by atoms with van der Waals surface area (Å²) in [6, 6.07) is 0. The van der Waals surface area contributed by atoms with Crippen LogP contribution in [0.25, 0.3) is 0 Å². The summed E-state index contributed by atoms with van der Waals surface area (Å²) < 4.78 is 5.25. The molecule has 2 atom stereocenters. The van der Waals surface area contributed by atoms with Gasteiger partial charge in [0.25, 0.3) is 0 Å². The molecule has 0 saturated carbocycles. The zero-order valence-electron chi connectivity index (χ0n) is 9.94. The van der Waals surface area contributed by atoms with Gasteiger partial charge in [-0.3, -0.25) is 4.90 Å². The van der Waals surface area contributed by atoms with E-state index in [-0.39, 0.29) is 6.10 Å². The second-order valence-corrected chi connectivity index (χ2v) is 4.25. The number of methoxy groups -OCH3 is 1. The van der Waals surface area contributed by atoms with Gasteiger partial charge in [0.1, 0.15) is 0 Å². The molecule has 0 aromatic carbocycles. The summed E-state index contributed by atoms with van der Waals surface area (Å²) in [5, 5.41) is 12.2. The van der Waals surface area contributed by atoms with Gasteiger partial charge in [0, 0.05) is 39.1 Å². The van der Waals surface area contributed by atoms with Crippen molar-refractivity contribution in [3.8, 4) is 0 Å². The number of nitrogens with zero attached hydrogens (tertiary/aromatic N) is 2. The van der Waals surface area contributed by atoms with Crippen LogP contribution in [-0.4, -0.2) is 48.7 Å². The van der Waals surface area contributed by atoms with Crippen LogP contribution in [0.4, 0.5) is 0 Å². The number of ether oxygens (including phenoxy) is 1. The molecule has 0 aliphatic carbocycles. The molecule has 88 valence electrons. The fourth-order valence-electron chi connectivity index (χ4n) is 2.09. The Morgan fingerprint density at radius 2 is 2.40 bits per heavy atom. The van der Waals surface area contributed by atoms with Crippen LogP contribution in [0.1, 0.15) is 26.7 Å². The highest BCUT2D eigenvalue weighted by Crippen LogP contribution is 2.17. The maximum absolute atomic E-state index is 8.85. The second kappa shape index (κ2) is 6.08. The molecular formula is C11H22N2O2. The standard InChI is InChI=1S/C11H22N2O2/c1-4-10-8-13(7-9(2)15-3)6-5-11(10)12-14/h9-10,14H,4-8H2,1-3H3. The van der Waals surface area contributed by atoms with E-state index in [4.69, 9.17) is 9.94 Å². The third-order valence-corrected chi connectivity index (χ3v) is 3.17. The average molecular weight is 214 g/mol. The van der Waals surface area contributed by atoms with Gasteiger partial charge in [0.15, 0.2) is 0 Å². The molecule has 1 saturated heterocycles. The Hall–Kier alpha value is -0.610. The number of hydrogen-bond acceptors (Lipinski definition) is 4. The molecule has 1 aliphatic rings. The SMILES string of the molecule is CCC1CN(CC(C)OC)CCC1=NO. The van der Waals surface area contributed by atoms with Gasteiger partial charge in [-0.2, -0.15) is 0 Å². The second-order valence-electron chi connectivity index (χ2n) is 4.25. The van der Waals surface area contributed by atoms with E-state index in [9.17, 15) is 0 Å². The van der Waals surface area contributed by atoms with Crippen molar-refractivity contribution in [1.29, 1.82) is 0 Å². The Morgan fingerprint density at radius 1 is 1.67 bits per heavy atom. The summed E-state index contributed by atoms with van der Waals surface area (Å²) in [6.07, 6.45) is 2.19. The van der Waals surface area contributed by atoms with E-state index < -0.39 is 0 Å². The summed E-state index contributed by atoms with van der Waals surface area (Å²) >= 11 is 0. The van der Waals surface area contributed by atoms with Crippen molar-refractivity contribution < 1.29 is 9.94 Å². The maximum atomic E-state index is 8.85. The van der Waals surface area contributed by atoms with Gasteiger partial charge in [-0.1, -0.05) is 12.1 Å². The molecule has 15 heavy (non-hydrogen) atoms. The third kappa shape index (κ3) is 3.47. The Labute approximate surface area is 91.9 Å². The Balaban J connectivity index is 2.46. The summed E-state index contributed by atoms with van der Waals surface area (Å²) in [5.74, 6) is 0.410. The van der Waals surface area contributed by atoms with Crippen LogP contribution in [0.3, 0.4) is 0 Å². The number of rotatable bonds is 4. The monoisotopic (exact) mass is 214 g/mol. The fraction of sp³-hybridized carbons (Fsp3) is 0.909. The lowest BCUT2D eigenvalue weighted by Gasteiger charge is -2.33. The average Bonchev–Trinajstić information content (AvgIpc) is 2.28. The predicted molar refractivity (Wildman–Crippen MR) is 60.5 cm³/mol. The van der Waals surface area contributed by atoms with Crippen molar-refractivity contribution in [1.82, 2.24) is 4.90 Å². The van der Waals surface area contributed by atoms with Crippen molar-refractivity contribution in [2.75, 3.05) is 26.7 Å². The molecule has 0 aromatic heterocycles. The topological polar surface area (TPSA) is 45.1 Å². The van der Waals surface area contributed by atoms with Gasteiger partial charge in [-0.05, 0) is 13.3 Å².